The molecule has 222 valence electrons. The van der Waals surface area contributed by atoms with Gasteiger partial charge in [0.2, 0.25) is 0 Å². The van der Waals surface area contributed by atoms with Crippen molar-refractivity contribution >= 4 is 0 Å². The summed E-state index contributed by atoms with van der Waals surface area (Å²) in [6.07, 6.45) is 19.3. The van der Waals surface area contributed by atoms with Crippen molar-refractivity contribution in [3.8, 4) is 17.6 Å². The highest BCUT2D eigenvalue weighted by Gasteiger charge is 2.76. The lowest BCUT2D eigenvalue weighted by atomic mass is 9.39. The molecule has 2 saturated heterocycles. The Morgan fingerprint density at radius 2 is 1.78 bits per heavy atom. The van der Waals surface area contributed by atoms with Crippen LogP contribution in [0.25, 0.3) is 0 Å². The van der Waals surface area contributed by atoms with Crippen LogP contribution in [-0.2, 0) is 17.6 Å². The molecule has 0 aromatic heterocycles. The number of hydrogen-bond donors (Lipinski definition) is 3. The maximum absolute atomic E-state index is 10.9. The standard InChI is InChI=1S/C37H51NO3/c1-34(28-8-2-3-9-28)33-27-11-13-29(23-39)37(33,38)32-10-6-7-25-19-31(40)14-12-26(25)17-24-18-30(36(32,21-27)41-34)22-35(20-24)15-4-5-16-35/h12,14,19,24,27-30,32-33,39-40H,2-5,7-9,11,13,15-18,20-23,38H2,1H3. The molecule has 2 spiro atoms. The molecule has 41 heavy (non-hydrogen) atoms. The maximum atomic E-state index is 10.9. The van der Waals surface area contributed by atoms with Gasteiger partial charge in [-0.15, -0.1) is 0 Å². The Labute approximate surface area is 247 Å². The van der Waals surface area contributed by atoms with E-state index in [-0.39, 0.29) is 35.6 Å². The number of rotatable bonds is 2. The van der Waals surface area contributed by atoms with Gasteiger partial charge in [-0.2, -0.15) is 0 Å². The first-order valence-electron chi connectivity index (χ1n) is 17.2. The molecule has 5 saturated carbocycles. The van der Waals surface area contributed by atoms with Crippen molar-refractivity contribution in [2.45, 2.75) is 126 Å². The third kappa shape index (κ3) is 3.84. The van der Waals surface area contributed by atoms with Crippen molar-refractivity contribution in [2.75, 3.05) is 6.61 Å². The molecule has 9 atom stereocenters. The summed E-state index contributed by atoms with van der Waals surface area (Å²) >= 11 is 0. The van der Waals surface area contributed by atoms with Gasteiger partial charge in [-0.05, 0) is 130 Å². The smallest absolute Gasteiger partial charge is 0.115 e. The molecule has 2 aliphatic heterocycles. The van der Waals surface area contributed by atoms with E-state index in [2.05, 4.69) is 24.8 Å². The van der Waals surface area contributed by atoms with Gasteiger partial charge in [-0.3, -0.25) is 0 Å². The number of nitrogens with two attached hydrogens (primary N) is 1. The molecule has 0 radical (unpaired) electrons. The highest BCUT2D eigenvalue weighted by atomic mass is 16.5. The molecule has 1 aromatic rings. The molecule has 7 fully saturated rings. The zero-order valence-electron chi connectivity index (χ0n) is 25.2. The van der Waals surface area contributed by atoms with Gasteiger partial charge >= 0.3 is 0 Å². The molecule has 9 rings (SSSR count). The molecule has 9 unspecified atom stereocenters. The van der Waals surface area contributed by atoms with Crippen LogP contribution in [0.15, 0.2) is 18.2 Å². The Balaban J connectivity index is 1.33. The van der Waals surface area contributed by atoms with E-state index in [9.17, 15) is 10.2 Å². The van der Waals surface area contributed by atoms with E-state index >= 15 is 0 Å². The summed E-state index contributed by atoms with van der Waals surface area (Å²) < 4.78 is 7.90. The summed E-state index contributed by atoms with van der Waals surface area (Å²) in [5.74, 6) is 10.4. The molecule has 4 heteroatoms. The number of phenolic OH excluding ortho intramolecular Hbond substituents is 1. The van der Waals surface area contributed by atoms with Gasteiger partial charge in [0.05, 0.1) is 17.1 Å². The summed E-state index contributed by atoms with van der Waals surface area (Å²) in [5, 5.41) is 21.3. The highest BCUT2D eigenvalue weighted by molar-refractivity contribution is 5.40. The van der Waals surface area contributed by atoms with Crippen LogP contribution in [0.5, 0.6) is 5.75 Å². The first-order valence-corrected chi connectivity index (χ1v) is 17.2. The van der Waals surface area contributed by atoms with Crippen molar-refractivity contribution < 1.29 is 14.9 Å². The largest absolute Gasteiger partial charge is 0.508 e. The topological polar surface area (TPSA) is 75.7 Å². The van der Waals surface area contributed by atoms with Crippen LogP contribution in [0.4, 0.5) is 0 Å². The Bertz CT molecular complexity index is 1250. The van der Waals surface area contributed by atoms with Gasteiger partial charge < -0.3 is 20.7 Å². The first-order chi connectivity index (χ1) is 19.8. The summed E-state index contributed by atoms with van der Waals surface area (Å²) in [6, 6.07) is 5.99. The van der Waals surface area contributed by atoms with E-state index in [0.29, 0.717) is 41.3 Å². The Hall–Kier alpha value is -1.54. The van der Waals surface area contributed by atoms with Crippen LogP contribution in [0, 0.1) is 58.7 Å². The van der Waals surface area contributed by atoms with Crippen molar-refractivity contribution in [3.63, 3.8) is 0 Å². The SMILES string of the molecule is CC1(C2CCCC2)OC23CC4CCC(CO)C(N)(C41)C2C#CCc1cc(O)ccc1CC1CC3CC2(CCCC2)C1. The summed E-state index contributed by atoms with van der Waals surface area (Å²) in [7, 11) is 0. The Morgan fingerprint density at radius 1 is 0.976 bits per heavy atom. The Kier molecular flexibility index (Phi) is 6.25. The molecular formula is C37H51NO3. The molecule has 2 heterocycles. The van der Waals surface area contributed by atoms with Gasteiger partial charge in [0.25, 0.3) is 0 Å². The van der Waals surface area contributed by atoms with Crippen molar-refractivity contribution in [2.24, 2.45) is 52.6 Å². The number of fused-ring (bicyclic) bond motifs is 4. The zero-order chi connectivity index (χ0) is 28.0. The van der Waals surface area contributed by atoms with Crippen LogP contribution < -0.4 is 5.73 Å². The fourth-order valence-electron chi connectivity index (χ4n) is 12.8. The number of phenols is 1. The summed E-state index contributed by atoms with van der Waals surface area (Å²) in [4.78, 5) is 0. The van der Waals surface area contributed by atoms with Gasteiger partial charge in [-0.1, -0.05) is 43.6 Å². The van der Waals surface area contributed by atoms with Gasteiger partial charge in [0.15, 0.2) is 0 Å². The molecular weight excluding hydrogens is 506 g/mol. The molecule has 4 nitrogen and oxygen atoms in total. The van der Waals surface area contributed by atoms with Crippen LogP contribution in [0.3, 0.4) is 0 Å². The minimum absolute atomic E-state index is 0.0516. The van der Waals surface area contributed by atoms with Crippen molar-refractivity contribution in [1.82, 2.24) is 0 Å². The van der Waals surface area contributed by atoms with Crippen LogP contribution >= 0.6 is 0 Å². The highest BCUT2D eigenvalue weighted by Crippen LogP contribution is 2.71. The average molecular weight is 558 g/mol. The third-order valence-corrected chi connectivity index (χ3v) is 14.2. The second-order valence-electron chi connectivity index (χ2n) is 16.1. The van der Waals surface area contributed by atoms with E-state index in [1.807, 2.05) is 12.1 Å². The van der Waals surface area contributed by atoms with E-state index < -0.39 is 5.54 Å². The number of benzene rings is 1. The minimum Gasteiger partial charge on any atom is -0.508 e. The fraction of sp³-hybridized carbons (Fsp3) is 0.784. The molecule has 6 bridgehead atoms. The summed E-state index contributed by atoms with van der Waals surface area (Å²) in [6.45, 7) is 2.62. The van der Waals surface area contributed by atoms with E-state index in [4.69, 9.17) is 10.5 Å². The number of ether oxygens (including phenoxy) is 1. The molecule has 8 aliphatic rings. The predicted molar refractivity (Wildman–Crippen MR) is 161 cm³/mol. The third-order valence-electron chi connectivity index (χ3n) is 14.2. The van der Waals surface area contributed by atoms with Crippen LogP contribution in [0.1, 0.15) is 108 Å². The van der Waals surface area contributed by atoms with Gasteiger partial charge in [0, 0.05) is 30.4 Å². The lowest BCUT2D eigenvalue weighted by Crippen LogP contribution is -2.84. The monoisotopic (exact) mass is 557 g/mol. The van der Waals surface area contributed by atoms with Gasteiger partial charge in [-0.25, -0.2) is 0 Å². The lowest BCUT2D eigenvalue weighted by molar-refractivity contribution is -0.359. The summed E-state index contributed by atoms with van der Waals surface area (Å²) in [5.41, 5.74) is 9.81. The second kappa shape index (κ2) is 9.48. The molecule has 4 N–H and O–H groups in total. The van der Waals surface area contributed by atoms with E-state index in [1.54, 1.807) is 0 Å². The van der Waals surface area contributed by atoms with Crippen LogP contribution in [0.2, 0.25) is 0 Å². The lowest BCUT2D eigenvalue weighted by Gasteiger charge is -2.75. The van der Waals surface area contributed by atoms with Gasteiger partial charge in [0.1, 0.15) is 5.75 Å². The predicted octanol–water partition coefficient (Wildman–Crippen LogP) is 6.54. The molecule has 0 amide bonds. The fourth-order valence-corrected chi connectivity index (χ4v) is 12.8. The number of aliphatic hydroxyl groups excluding tert-OH is 1. The van der Waals surface area contributed by atoms with Crippen molar-refractivity contribution in [1.29, 1.82) is 0 Å². The number of aliphatic hydroxyl groups is 1. The second-order valence-corrected chi connectivity index (χ2v) is 16.1. The van der Waals surface area contributed by atoms with E-state index in [0.717, 1.165) is 19.3 Å². The average Bonchev–Trinajstić information content (AvgIpc) is 3.64. The molecule has 1 aromatic carbocycles. The number of hydrogen-bond acceptors (Lipinski definition) is 4. The van der Waals surface area contributed by atoms with Crippen LogP contribution in [-0.4, -0.2) is 33.6 Å². The quantitative estimate of drug-likeness (QED) is 0.361. The number of aromatic hydroxyl groups is 1. The first kappa shape index (κ1) is 27.0. The minimum atomic E-state index is -0.524. The Morgan fingerprint density at radius 3 is 2.56 bits per heavy atom. The van der Waals surface area contributed by atoms with E-state index in [1.165, 1.54) is 88.2 Å². The zero-order valence-corrected chi connectivity index (χ0v) is 25.2. The maximum Gasteiger partial charge on any atom is 0.115 e. The molecule has 6 aliphatic carbocycles. The van der Waals surface area contributed by atoms with Crippen molar-refractivity contribution in [3.05, 3.63) is 29.3 Å². The normalized spacial score (nSPS) is 46.3.